The summed E-state index contributed by atoms with van der Waals surface area (Å²) < 4.78 is 36.5. The molecule has 96 valence electrons. The molecule has 1 fully saturated rings. The predicted molar refractivity (Wildman–Crippen MR) is 47.2 cm³/mol. The van der Waals surface area contributed by atoms with E-state index in [2.05, 4.69) is 0 Å². The Morgan fingerprint density at radius 1 is 1.29 bits per heavy atom. The zero-order chi connectivity index (χ0) is 13.2. The van der Waals surface area contributed by atoms with Crippen molar-refractivity contribution in [3.63, 3.8) is 0 Å². The number of amides is 2. The average molecular weight is 254 g/mol. The molecule has 0 spiro atoms. The van der Waals surface area contributed by atoms with Crippen LogP contribution < -0.4 is 0 Å². The van der Waals surface area contributed by atoms with Gasteiger partial charge in [0.1, 0.15) is 12.3 Å². The van der Waals surface area contributed by atoms with Gasteiger partial charge >= 0.3 is 18.2 Å². The van der Waals surface area contributed by atoms with Crippen LogP contribution in [-0.4, -0.2) is 65.0 Å². The number of rotatable bonds is 1. The molecule has 2 amide bonds. The molecule has 0 saturated carbocycles. The first kappa shape index (κ1) is 13.3. The van der Waals surface area contributed by atoms with Gasteiger partial charge in [-0.1, -0.05) is 0 Å². The monoisotopic (exact) mass is 254 g/mol. The number of hydrogen-bond donors (Lipinski definition) is 1. The van der Waals surface area contributed by atoms with E-state index in [-0.39, 0.29) is 12.8 Å². The number of halogens is 3. The lowest BCUT2D eigenvalue weighted by Gasteiger charge is -2.37. The van der Waals surface area contributed by atoms with Crippen molar-refractivity contribution in [2.45, 2.75) is 12.2 Å². The van der Waals surface area contributed by atoms with Gasteiger partial charge in [0.25, 0.3) is 0 Å². The third-order valence-electron chi connectivity index (χ3n) is 2.35. The van der Waals surface area contributed by atoms with Crippen molar-refractivity contribution in [2.24, 2.45) is 0 Å². The summed E-state index contributed by atoms with van der Waals surface area (Å²) >= 11 is 0. The molecular formula is C8H9F3N2O4. The molecule has 0 aromatic rings. The highest BCUT2D eigenvalue weighted by Gasteiger charge is 2.46. The predicted octanol–water partition coefficient (Wildman–Crippen LogP) is -0.0616. The van der Waals surface area contributed by atoms with Crippen LogP contribution in [0.1, 0.15) is 0 Å². The second-order valence-electron chi connectivity index (χ2n) is 3.43. The highest BCUT2D eigenvalue weighted by atomic mass is 19.4. The average Bonchev–Trinajstić information content (AvgIpc) is 2.25. The highest BCUT2D eigenvalue weighted by Crippen LogP contribution is 2.21. The van der Waals surface area contributed by atoms with Crippen molar-refractivity contribution < 1.29 is 32.7 Å². The number of carbonyl (C=O) groups is 3. The zero-order valence-corrected chi connectivity index (χ0v) is 8.48. The lowest BCUT2D eigenvalue weighted by molar-refractivity contribution is -0.189. The smallest absolute Gasteiger partial charge is 0.465 e. The van der Waals surface area contributed by atoms with Crippen LogP contribution in [0.2, 0.25) is 0 Å². The van der Waals surface area contributed by atoms with Gasteiger partial charge in [-0.05, 0) is 0 Å². The molecule has 9 heteroatoms. The van der Waals surface area contributed by atoms with Crippen LogP contribution in [0.25, 0.3) is 0 Å². The molecule has 1 saturated heterocycles. The molecule has 17 heavy (non-hydrogen) atoms. The number of piperazine rings is 1. The largest absolute Gasteiger partial charge is 0.471 e. The molecule has 1 aliphatic rings. The van der Waals surface area contributed by atoms with E-state index in [1.165, 1.54) is 0 Å². The maximum atomic E-state index is 12.2. The molecule has 0 radical (unpaired) electrons. The number of carbonyl (C=O) groups excluding carboxylic acids is 2. The summed E-state index contributed by atoms with van der Waals surface area (Å²) in [6, 6.07) is -1.39. The molecule has 1 N–H and O–H groups in total. The number of hydrogen-bond acceptors (Lipinski definition) is 3. The summed E-state index contributed by atoms with van der Waals surface area (Å²) in [5.41, 5.74) is 0. The minimum Gasteiger partial charge on any atom is -0.465 e. The first-order chi connectivity index (χ1) is 7.77. The van der Waals surface area contributed by atoms with Crippen LogP contribution in [0.3, 0.4) is 0 Å². The van der Waals surface area contributed by atoms with Gasteiger partial charge in [0.2, 0.25) is 0 Å². The lowest BCUT2D eigenvalue weighted by atomic mass is 10.2. The van der Waals surface area contributed by atoms with Crippen LogP contribution in [0, 0.1) is 0 Å². The van der Waals surface area contributed by atoms with Gasteiger partial charge in [-0.3, -0.25) is 4.79 Å². The number of nitrogens with zero attached hydrogens (tertiary/aromatic N) is 2. The molecule has 1 atom stereocenters. The number of aldehydes is 1. The van der Waals surface area contributed by atoms with Crippen molar-refractivity contribution >= 4 is 18.3 Å². The van der Waals surface area contributed by atoms with Gasteiger partial charge in [0.15, 0.2) is 0 Å². The van der Waals surface area contributed by atoms with Crippen LogP contribution in [0.15, 0.2) is 0 Å². The topological polar surface area (TPSA) is 77.9 Å². The fourth-order valence-corrected chi connectivity index (χ4v) is 1.52. The summed E-state index contributed by atoms with van der Waals surface area (Å²) in [6.07, 6.45) is -6.26. The minimum absolute atomic E-state index is 0.138. The molecule has 1 rings (SSSR count). The molecule has 1 aliphatic heterocycles. The van der Waals surface area contributed by atoms with E-state index < -0.39 is 37.3 Å². The Bertz CT molecular complexity index is 344. The first-order valence-corrected chi connectivity index (χ1v) is 4.58. The highest BCUT2D eigenvalue weighted by molar-refractivity contribution is 5.85. The quantitative estimate of drug-likeness (QED) is 0.665. The summed E-state index contributed by atoms with van der Waals surface area (Å²) in [5, 5.41) is 8.62. The Morgan fingerprint density at radius 3 is 2.29 bits per heavy atom. The summed E-state index contributed by atoms with van der Waals surface area (Å²) in [6.45, 7) is -1.14. The van der Waals surface area contributed by atoms with Crippen LogP contribution in [0.5, 0.6) is 0 Å². The molecule has 0 aliphatic carbocycles. The Morgan fingerprint density at radius 2 is 1.88 bits per heavy atom. The molecule has 0 aromatic carbocycles. The van der Waals surface area contributed by atoms with Gasteiger partial charge < -0.3 is 19.7 Å². The Kier molecular flexibility index (Phi) is 3.59. The third-order valence-corrected chi connectivity index (χ3v) is 2.35. The van der Waals surface area contributed by atoms with Crippen LogP contribution in [0.4, 0.5) is 18.0 Å². The third kappa shape index (κ3) is 2.86. The van der Waals surface area contributed by atoms with E-state index in [9.17, 15) is 27.6 Å². The van der Waals surface area contributed by atoms with Gasteiger partial charge in [-0.15, -0.1) is 0 Å². The summed E-state index contributed by atoms with van der Waals surface area (Å²) in [5.74, 6) is -2.13. The molecule has 6 nitrogen and oxygen atoms in total. The van der Waals surface area contributed by atoms with E-state index in [1.54, 1.807) is 0 Å². The van der Waals surface area contributed by atoms with E-state index in [1.807, 2.05) is 0 Å². The maximum absolute atomic E-state index is 12.2. The van der Waals surface area contributed by atoms with Gasteiger partial charge in [0.05, 0.1) is 6.54 Å². The van der Waals surface area contributed by atoms with Crippen molar-refractivity contribution in [2.75, 3.05) is 19.6 Å². The van der Waals surface area contributed by atoms with Crippen molar-refractivity contribution in [1.82, 2.24) is 9.80 Å². The summed E-state index contributed by atoms with van der Waals surface area (Å²) in [4.78, 5) is 33.2. The second kappa shape index (κ2) is 4.60. The van der Waals surface area contributed by atoms with Gasteiger partial charge in [-0.2, -0.15) is 13.2 Å². The Hall–Kier alpha value is -1.80. The molecule has 0 aromatic heterocycles. The Labute approximate surface area is 93.6 Å². The normalized spacial score (nSPS) is 21.2. The molecule has 1 heterocycles. The first-order valence-electron chi connectivity index (χ1n) is 4.58. The molecule has 0 bridgehead atoms. The van der Waals surface area contributed by atoms with E-state index in [0.717, 1.165) is 4.90 Å². The van der Waals surface area contributed by atoms with Crippen molar-refractivity contribution in [3.8, 4) is 0 Å². The molecule has 0 unspecified atom stereocenters. The standard InChI is InChI=1S/C8H9F3N2O4/c9-8(10,11)6(15)13-2-1-12(7(16)17)3-5(13)4-14/h4-5H,1-3H2,(H,16,17)/t5-/m1/s1. The number of alkyl halides is 3. The Balaban J connectivity index is 2.80. The molecular weight excluding hydrogens is 245 g/mol. The van der Waals surface area contributed by atoms with Crippen LogP contribution in [-0.2, 0) is 9.59 Å². The van der Waals surface area contributed by atoms with E-state index in [0.29, 0.717) is 4.90 Å². The minimum atomic E-state index is -5.06. The second-order valence-corrected chi connectivity index (χ2v) is 3.43. The number of carboxylic acid groups (broad SMARTS) is 1. The van der Waals surface area contributed by atoms with Crippen LogP contribution >= 0.6 is 0 Å². The lowest BCUT2D eigenvalue weighted by Crippen LogP contribution is -2.59. The fourth-order valence-electron chi connectivity index (χ4n) is 1.52. The van der Waals surface area contributed by atoms with E-state index >= 15 is 0 Å². The van der Waals surface area contributed by atoms with Gasteiger partial charge in [0, 0.05) is 13.1 Å². The van der Waals surface area contributed by atoms with Crippen molar-refractivity contribution in [3.05, 3.63) is 0 Å². The van der Waals surface area contributed by atoms with E-state index in [4.69, 9.17) is 5.11 Å². The maximum Gasteiger partial charge on any atom is 0.471 e. The van der Waals surface area contributed by atoms with Crippen molar-refractivity contribution in [1.29, 1.82) is 0 Å². The van der Waals surface area contributed by atoms with Gasteiger partial charge in [-0.25, -0.2) is 4.79 Å². The summed E-state index contributed by atoms with van der Waals surface area (Å²) in [7, 11) is 0. The fraction of sp³-hybridized carbons (Fsp3) is 0.625. The SMILES string of the molecule is O=C[C@H]1CN(C(=O)O)CCN1C(=O)C(F)(F)F. The zero-order valence-electron chi connectivity index (χ0n) is 8.48.